The van der Waals surface area contributed by atoms with Crippen molar-refractivity contribution in [2.75, 3.05) is 0 Å². The van der Waals surface area contributed by atoms with Crippen molar-refractivity contribution in [3.8, 4) is 0 Å². The first-order chi connectivity index (χ1) is 13.1. The molecule has 0 saturated carbocycles. The Labute approximate surface area is 160 Å². The fourth-order valence-electron chi connectivity index (χ4n) is 3.24. The van der Waals surface area contributed by atoms with Gasteiger partial charge in [0.15, 0.2) is 0 Å². The summed E-state index contributed by atoms with van der Waals surface area (Å²) in [5.41, 5.74) is 2.14. The predicted octanol–water partition coefficient (Wildman–Crippen LogP) is 3.91. The minimum atomic E-state index is -0.551. The Morgan fingerprint density at radius 3 is 1.63 bits per heavy atom. The van der Waals surface area contributed by atoms with Crippen molar-refractivity contribution in [2.45, 2.75) is 13.1 Å². The van der Waals surface area contributed by atoms with Crippen LogP contribution in [0, 0.1) is 0 Å². The first kappa shape index (κ1) is 17.3. The number of nitrogens with zero attached hydrogens (tertiary/aromatic N) is 2. The van der Waals surface area contributed by atoms with E-state index in [9.17, 15) is 9.59 Å². The molecule has 4 nitrogen and oxygen atoms in total. The highest BCUT2D eigenvalue weighted by Crippen LogP contribution is 2.19. The van der Waals surface area contributed by atoms with Gasteiger partial charge in [0.2, 0.25) is 0 Å². The summed E-state index contributed by atoms with van der Waals surface area (Å²) in [4.78, 5) is 25.8. The van der Waals surface area contributed by atoms with Gasteiger partial charge in [0.1, 0.15) is 0 Å². The Hall–Kier alpha value is -3.11. The molecular formula is C22H17ClN2O2. The lowest BCUT2D eigenvalue weighted by molar-refractivity contribution is 0.711. The quantitative estimate of drug-likeness (QED) is 0.507. The zero-order valence-electron chi connectivity index (χ0n) is 14.5. The fraction of sp³-hybridized carbons (Fsp3) is 0.0909. The van der Waals surface area contributed by atoms with Gasteiger partial charge < -0.3 is 0 Å². The van der Waals surface area contributed by atoms with E-state index in [0.717, 1.165) is 11.1 Å². The second-order valence-corrected chi connectivity index (χ2v) is 6.82. The van der Waals surface area contributed by atoms with E-state index in [4.69, 9.17) is 11.6 Å². The Morgan fingerprint density at radius 1 is 0.630 bits per heavy atom. The number of fused-ring (bicyclic) bond motifs is 1. The number of hydrogen-bond acceptors (Lipinski definition) is 2. The van der Waals surface area contributed by atoms with Crippen molar-refractivity contribution in [3.63, 3.8) is 0 Å². The molecule has 0 aliphatic heterocycles. The summed E-state index contributed by atoms with van der Waals surface area (Å²) in [6, 6.07) is 24.5. The Morgan fingerprint density at radius 2 is 1.11 bits per heavy atom. The van der Waals surface area contributed by atoms with Crippen LogP contribution < -0.4 is 11.1 Å². The van der Waals surface area contributed by atoms with E-state index in [-0.39, 0.29) is 0 Å². The van der Waals surface area contributed by atoms with Crippen LogP contribution in [0.15, 0.2) is 88.5 Å². The first-order valence-electron chi connectivity index (χ1n) is 8.64. The van der Waals surface area contributed by atoms with E-state index in [1.807, 2.05) is 60.7 Å². The molecule has 27 heavy (non-hydrogen) atoms. The third-order valence-corrected chi connectivity index (χ3v) is 4.79. The van der Waals surface area contributed by atoms with Crippen molar-refractivity contribution in [1.29, 1.82) is 0 Å². The molecule has 4 aromatic rings. The summed E-state index contributed by atoms with van der Waals surface area (Å²) < 4.78 is 3.02. The standard InChI is InChI=1S/C22H17ClN2O2/c23-18-11-12-19-20(13-18)25(15-17-9-5-2-6-10-17)22(27)21(26)24(19)14-16-7-3-1-4-8-16/h1-13H,14-15H2. The summed E-state index contributed by atoms with van der Waals surface area (Å²) in [6.45, 7) is 0.650. The van der Waals surface area contributed by atoms with Crippen molar-refractivity contribution in [3.05, 3.63) is 116 Å². The zero-order valence-corrected chi connectivity index (χ0v) is 15.3. The van der Waals surface area contributed by atoms with Gasteiger partial charge in [0, 0.05) is 5.02 Å². The lowest BCUT2D eigenvalue weighted by atomic mass is 10.2. The van der Waals surface area contributed by atoms with Crippen LogP contribution in [-0.2, 0) is 13.1 Å². The van der Waals surface area contributed by atoms with Gasteiger partial charge >= 0.3 is 11.1 Å². The van der Waals surface area contributed by atoms with Gasteiger partial charge in [-0.1, -0.05) is 72.3 Å². The molecular weight excluding hydrogens is 360 g/mol. The smallest absolute Gasteiger partial charge is 0.298 e. The van der Waals surface area contributed by atoms with Gasteiger partial charge in [-0.05, 0) is 29.3 Å². The van der Waals surface area contributed by atoms with Crippen molar-refractivity contribution in [1.82, 2.24) is 9.13 Å². The fourth-order valence-corrected chi connectivity index (χ4v) is 3.40. The van der Waals surface area contributed by atoms with Crippen molar-refractivity contribution in [2.24, 2.45) is 0 Å². The Bertz CT molecular complexity index is 1210. The Balaban J connectivity index is 1.94. The summed E-state index contributed by atoms with van der Waals surface area (Å²) >= 11 is 6.20. The first-order valence-corrected chi connectivity index (χ1v) is 9.02. The number of benzene rings is 3. The van der Waals surface area contributed by atoms with Crippen LogP contribution >= 0.6 is 11.6 Å². The maximum Gasteiger partial charge on any atom is 0.317 e. The van der Waals surface area contributed by atoms with Gasteiger partial charge in [-0.25, -0.2) is 0 Å². The number of rotatable bonds is 4. The van der Waals surface area contributed by atoms with Gasteiger partial charge in [-0.3, -0.25) is 18.7 Å². The molecule has 0 radical (unpaired) electrons. The summed E-state index contributed by atoms with van der Waals surface area (Å²) in [5, 5.41) is 0.522. The highest BCUT2D eigenvalue weighted by molar-refractivity contribution is 6.31. The van der Waals surface area contributed by atoms with Gasteiger partial charge in [0.25, 0.3) is 0 Å². The molecule has 4 rings (SSSR count). The molecule has 0 aliphatic carbocycles. The molecule has 0 amide bonds. The number of hydrogen-bond donors (Lipinski definition) is 0. The normalized spacial score (nSPS) is 11.0. The lowest BCUT2D eigenvalue weighted by Crippen LogP contribution is -2.41. The molecule has 3 aromatic carbocycles. The van der Waals surface area contributed by atoms with Gasteiger partial charge in [0.05, 0.1) is 24.1 Å². The van der Waals surface area contributed by atoms with E-state index < -0.39 is 11.1 Å². The average Bonchev–Trinajstić information content (AvgIpc) is 2.70. The van der Waals surface area contributed by atoms with Gasteiger partial charge in [-0.15, -0.1) is 0 Å². The van der Waals surface area contributed by atoms with E-state index in [2.05, 4.69) is 0 Å². The van der Waals surface area contributed by atoms with Crippen LogP contribution in [0.25, 0.3) is 11.0 Å². The van der Waals surface area contributed by atoms with Gasteiger partial charge in [-0.2, -0.15) is 0 Å². The van der Waals surface area contributed by atoms with E-state index >= 15 is 0 Å². The molecule has 5 heteroatoms. The SMILES string of the molecule is O=c1c(=O)n(Cc2ccccc2)c2cc(Cl)ccc2n1Cc1ccccc1. The molecule has 1 aromatic heterocycles. The average molecular weight is 377 g/mol. The second kappa shape index (κ2) is 7.25. The molecule has 0 aliphatic rings. The largest absolute Gasteiger partial charge is 0.317 e. The van der Waals surface area contributed by atoms with E-state index in [1.54, 1.807) is 18.2 Å². The monoisotopic (exact) mass is 376 g/mol. The van der Waals surface area contributed by atoms with Crippen LogP contribution in [0.2, 0.25) is 5.02 Å². The topological polar surface area (TPSA) is 44.0 Å². The molecule has 0 bridgehead atoms. The molecule has 0 fully saturated rings. The molecule has 0 spiro atoms. The van der Waals surface area contributed by atoms with Crippen LogP contribution in [0.5, 0.6) is 0 Å². The van der Waals surface area contributed by atoms with Crippen LogP contribution in [0.1, 0.15) is 11.1 Å². The predicted molar refractivity (Wildman–Crippen MR) is 109 cm³/mol. The number of aromatic nitrogens is 2. The minimum Gasteiger partial charge on any atom is -0.298 e. The molecule has 0 atom stereocenters. The Kier molecular flexibility index (Phi) is 4.65. The van der Waals surface area contributed by atoms with Crippen molar-refractivity contribution < 1.29 is 0 Å². The van der Waals surface area contributed by atoms with Crippen molar-refractivity contribution >= 4 is 22.6 Å². The highest BCUT2D eigenvalue weighted by atomic mass is 35.5. The molecule has 1 heterocycles. The summed E-state index contributed by atoms with van der Waals surface area (Å²) in [5.74, 6) is 0. The minimum absolute atomic E-state index is 0.317. The maximum atomic E-state index is 12.9. The third kappa shape index (κ3) is 3.44. The van der Waals surface area contributed by atoms with Crippen LogP contribution in [-0.4, -0.2) is 9.13 Å². The lowest BCUT2D eigenvalue weighted by Gasteiger charge is -2.15. The molecule has 0 unspecified atom stereocenters. The second-order valence-electron chi connectivity index (χ2n) is 6.39. The molecule has 134 valence electrons. The van der Waals surface area contributed by atoms with E-state index in [1.165, 1.54) is 9.13 Å². The third-order valence-electron chi connectivity index (χ3n) is 4.56. The molecule has 0 saturated heterocycles. The zero-order chi connectivity index (χ0) is 18.8. The van der Waals surface area contributed by atoms with Crippen LogP contribution in [0.4, 0.5) is 0 Å². The van der Waals surface area contributed by atoms with E-state index in [0.29, 0.717) is 29.1 Å². The molecule has 0 N–H and O–H groups in total. The van der Waals surface area contributed by atoms with Crippen LogP contribution in [0.3, 0.4) is 0 Å². The maximum absolute atomic E-state index is 12.9. The summed E-state index contributed by atoms with van der Waals surface area (Å²) in [6.07, 6.45) is 0. The highest BCUT2D eigenvalue weighted by Gasteiger charge is 2.14. The number of halogens is 1. The summed E-state index contributed by atoms with van der Waals surface area (Å²) in [7, 11) is 0.